The standard InChI is InChI=1S/C37H50N8O4/c1-26-22-27(23-32-34(26)41(3)25-38-32)24-33(35(46)43-13-9-29(10-14-43)42-20-18-40(2)19-21-42)49-37(48)44-15-11-30(12-16-44)45-17-8-28-6-4-5-7-31(28)39-36(45)47/h4-7,22-23,25,29-30,33H,8-21,24H2,1-3H3,(H,39,47)/t33-/m1/s1. The highest BCUT2D eigenvalue weighted by Gasteiger charge is 2.36. The topological polar surface area (TPSA) is 106 Å². The first-order valence-corrected chi connectivity index (χ1v) is 18.0. The predicted molar refractivity (Wildman–Crippen MR) is 189 cm³/mol. The highest BCUT2D eigenvalue weighted by molar-refractivity contribution is 5.91. The van der Waals surface area contributed by atoms with E-state index < -0.39 is 12.2 Å². The zero-order valence-electron chi connectivity index (χ0n) is 29.1. The van der Waals surface area contributed by atoms with Gasteiger partial charge in [-0.05, 0) is 74.9 Å². The maximum absolute atomic E-state index is 14.2. The second kappa shape index (κ2) is 14.4. The number of aryl methyl sites for hydroxylation is 2. The Kier molecular flexibility index (Phi) is 9.77. The van der Waals surface area contributed by atoms with Gasteiger partial charge in [0, 0.05) is 90.1 Å². The van der Waals surface area contributed by atoms with Gasteiger partial charge in [-0.15, -0.1) is 0 Å². The number of urea groups is 1. The first-order chi connectivity index (χ1) is 23.7. The summed E-state index contributed by atoms with van der Waals surface area (Å²) in [4.78, 5) is 56.0. The molecule has 0 unspecified atom stereocenters. The van der Waals surface area contributed by atoms with E-state index in [4.69, 9.17) is 4.74 Å². The molecule has 4 aliphatic rings. The van der Waals surface area contributed by atoms with Crippen LogP contribution in [-0.2, 0) is 29.4 Å². The lowest BCUT2D eigenvalue weighted by atomic mass is 9.99. The smallest absolute Gasteiger partial charge is 0.410 e. The van der Waals surface area contributed by atoms with Gasteiger partial charge in [-0.2, -0.15) is 0 Å². The van der Waals surface area contributed by atoms with E-state index in [2.05, 4.69) is 39.3 Å². The molecule has 12 heteroatoms. The fraction of sp³-hybridized carbons (Fsp3) is 0.568. The van der Waals surface area contributed by atoms with Crippen molar-refractivity contribution >= 4 is 34.8 Å². The number of piperidine rings is 2. The summed E-state index contributed by atoms with van der Waals surface area (Å²) < 4.78 is 8.15. The molecule has 262 valence electrons. The van der Waals surface area contributed by atoms with E-state index in [1.54, 1.807) is 11.2 Å². The van der Waals surface area contributed by atoms with Crippen molar-refractivity contribution in [3.05, 3.63) is 59.4 Å². The van der Waals surface area contributed by atoms with Crippen molar-refractivity contribution in [2.75, 3.05) is 71.3 Å². The van der Waals surface area contributed by atoms with Crippen molar-refractivity contribution < 1.29 is 19.1 Å². The van der Waals surface area contributed by atoms with Crippen molar-refractivity contribution in [2.45, 2.75) is 63.6 Å². The number of carbonyl (C=O) groups is 3. The molecule has 7 rings (SSSR count). The Hall–Kier alpha value is -4.16. The Labute approximate surface area is 288 Å². The van der Waals surface area contributed by atoms with Crippen LogP contribution in [-0.4, -0.2) is 136 Å². The maximum atomic E-state index is 14.2. The minimum atomic E-state index is -0.930. The number of para-hydroxylation sites is 1. The second-order valence-corrected chi connectivity index (χ2v) is 14.4. The van der Waals surface area contributed by atoms with Crippen LogP contribution in [0.1, 0.15) is 42.4 Å². The number of carbonyl (C=O) groups excluding carboxylic acids is 3. The molecule has 0 spiro atoms. The van der Waals surface area contributed by atoms with Crippen LogP contribution in [0.25, 0.3) is 11.0 Å². The molecule has 0 saturated carbocycles. The highest BCUT2D eigenvalue weighted by atomic mass is 16.6. The summed E-state index contributed by atoms with van der Waals surface area (Å²) in [5.41, 5.74) is 5.92. The molecule has 3 saturated heterocycles. The normalized spacial score (nSPS) is 21.0. The molecule has 0 bridgehead atoms. The Morgan fingerprint density at radius 1 is 0.898 bits per heavy atom. The van der Waals surface area contributed by atoms with Gasteiger partial charge in [0.05, 0.1) is 17.4 Å². The number of nitrogens with zero attached hydrogens (tertiary/aromatic N) is 7. The number of ether oxygens (including phenoxy) is 1. The van der Waals surface area contributed by atoms with Crippen LogP contribution >= 0.6 is 0 Å². The van der Waals surface area contributed by atoms with E-state index in [0.717, 1.165) is 78.9 Å². The first-order valence-electron chi connectivity index (χ1n) is 18.0. The van der Waals surface area contributed by atoms with Crippen molar-refractivity contribution in [1.82, 2.24) is 34.1 Å². The summed E-state index contributed by atoms with van der Waals surface area (Å²) in [6.45, 7) is 9.24. The van der Waals surface area contributed by atoms with E-state index >= 15 is 0 Å². The highest BCUT2D eigenvalue weighted by Crippen LogP contribution is 2.27. The van der Waals surface area contributed by atoms with Crippen molar-refractivity contribution in [3.8, 4) is 0 Å². The number of benzene rings is 2. The molecule has 4 aliphatic heterocycles. The SMILES string of the molecule is Cc1cc(C[C@@H](OC(=O)N2CCC(N3CCc4ccccc4NC3=O)CC2)C(=O)N2CCC(N3CCN(C)CC3)CC2)cc2ncn(C)c12. The van der Waals surface area contributed by atoms with Crippen LogP contribution in [0.5, 0.6) is 0 Å². The predicted octanol–water partition coefficient (Wildman–Crippen LogP) is 3.72. The number of likely N-dealkylation sites (tertiary alicyclic amines) is 2. The largest absolute Gasteiger partial charge is 0.436 e. The lowest BCUT2D eigenvalue weighted by Crippen LogP contribution is -2.54. The van der Waals surface area contributed by atoms with Gasteiger partial charge in [-0.25, -0.2) is 14.6 Å². The van der Waals surface area contributed by atoms with Gasteiger partial charge < -0.3 is 34.2 Å². The van der Waals surface area contributed by atoms with Crippen LogP contribution in [0.4, 0.5) is 15.3 Å². The molecule has 1 aromatic heterocycles. The lowest BCUT2D eigenvalue weighted by molar-refractivity contribution is -0.142. The fourth-order valence-electron chi connectivity index (χ4n) is 8.25. The van der Waals surface area contributed by atoms with E-state index in [0.29, 0.717) is 58.0 Å². The molecular formula is C37H50N8O4. The van der Waals surface area contributed by atoms with Crippen molar-refractivity contribution in [3.63, 3.8) is 0 Å². The van der Waals surface area contributed by atoms with Gasteiger partial charge in [-0.1, -0.05) is 24.3 Å². The van der Waals surface area contributed by atoms with E-state index in [1.165, 1.54) is 0 Å². The number of likely N-dealkylation sites (N-methyl/N-ethyl adjacent to an activating group) is 1. The van der Waals surface area contributed by atoms with E-state index in [-0.39, 0.29) is 18.0 Å². The zero-order valence-corrected chi connectivity index (χ0v) is 29.1. The van der Waals surface area contributed by atoms with Crippen molar-refractivity contribution in [1.29, 1.82) is 0 Å². The zero-order chi connectivity index (χ0) is 34.1. The van der Waals surface area contributed by atoms with Crippen LogP contribution in [0.3, 0.4) is 0 Å². The number of hydrogen-bond acceptors (Lipinski definition) is 7. The molecule has 1 atom stereocenters. The molecule has 2 aromatic carbocycles. The van der Waals surface area contributed by atoms with Gasteiger partial charge in [0.15, 0.2) is 6.10 Å². The first kappa shape index (κ1) is 33.3. The number of aromatic nitrogens is 2. The fourth-order valence-corrected chi connectivity index (χ4v) is 8.25. The van der Waals surface area contributed by atoms with E-state index in [9.17, 15) is 14.4 Å². The maximum Gasteiger partial charge on any atom is 0.410 e. The Balaban J connectivity index is 1.01. The molecule has 49 heavy (non-hydrogen) atoms. The Bertz CT molecular complexity index is 1670. The average Bonchev–Trinajstić information content (AvgIpc) is 3.40. The molecule has 12 nitrogen and oxygen atoms in total. The van der Waals surface area contributed by atoms with Gasteiger partial charge in [0.25, 0.3) is 5.91 Å². The third kappa shape index (κ3) is 7.26. The van der Waals surface area contributed by atoms with Crippen LogP contribution < -0.4 is 5.32 Å². The minimum Gasteiger partial charge on any atom is -0.436 e. The van der Waals surface area contributed by atoms with Crippen LogP contribution in [0, 0.1) is 6.92 Å². The molecule has 4 amide bonds. The third-order valence-electron chi connectivity index (χ3n) is 11.1. The number of amides is 4. The molecule has 3 aromatic rings. The monoisotopic (exact) mass is 670 g/mol. The Morgan fingerprint density at radius 3 is 2.35 bits per heavy atom. The summed E-state index contributed by atoms with van der Waals surface area (Å²) in [6.07, 6.45) is 4.66. The minimum absolute atomic E-state index is 0.0328. The molecule has 5 heterocycles. The number of rotatable bonds is 6. The number of imidazole rings is 1. The van der Waals surface area contributed by atoms with Crippen LogP contribution in [0.2, 0.25) is 0 Å². The third-order valence-corrected chi connectivity index (χ3v) is 11.1. The number of anilines is 1. The molecule has 3 fully saturated rings. The van der Waals surface area contributed by atoms with Gasteiger partial charge in [0.1, 0.15) is 0 Å². The van der Waals surface area contributed by atoms with Crippen molar-refractivity contribution in [2.24, 2.45) is 7.05 Å². The molecule has 0 radical (unpaired) electrons. The summed E-state index contributed by atoms with van der Waals surface area (Å²) in [5, 5.41) is 3.07. The van der Waals surface area contributed by atoms with E-state index in [1.807, 2.05) is 52.6 Å². The molecule has 0 aliphatic carbocycles. The number of piperazine rings is 1. The molecular weight excluding hydrogens is 620 g/mol. The number of hydrogen-bond donors (Lipinski definition) is 1. The second-order valence-electron chi connectivity index (χ2n) is 14.4. The lowest BCUT2D eigenvalue weighted by Gasteiger charge is -2.42. The summed E-state index contributed by atoms with van der Waals surface area (Å²) >= 11 is 0. The number of fused-ring (bicyclic) bond motifs is 2. The van der Waals surface area contributed by atoms with Gasteiger partial charge in [0.2, 0.25) is 0 Å². The molecule has 1 N–H and O–H groups in total. The summed E-state index contributed by atoms with van der Waals surface area (Å²) in [6, 6.07) is 12.4. The van der Waals surface area contributed by atoms with Gasteiger partial charge >= 0.3 is 12.1 Å². The summed E-state index contributed by atoms with van der Waals surface area (Å²) in [7, 11) is 4.14. The number of nitrogens with one attached hydrogen (secondary N) is 1. The van der Waals surface area contributed by atoms with Gasteiger partial charge in [-0.3, -0.25) is 9.69 Å². The van der Waals surface area contributed by atoms with Crippen LogP contribution in [0.15, 0.2) is 42.7 Å². The average molecular weight is 671 g/mol. The summed E-state index contributed by atoms with van der Waals surface area (Å²) in [5.74, 6) is -0.125. The quantitative estimate of drug-likeness (QED) is 0.426. The Morgan fingerprint density at radius 2 is 1.59 bits per heavy atom.